The van der Waals surface area contributed by atoms with E-state index in [1.807, 2.05) is 32.6 Å². The Labute approximate surface area is 196 Å². The fourth-order valence-corrected chi connectivity index (χ4v) is 4.18. The molecule has 2 aromatic rings. The topological polar surface area (TPSA) is 72.7 Å². The van der Waals surface area contributed by atoms with E-state index in [4.69, 9.17) is 9.47 Å². The van der Waals surface area contributed by atoms with E-state index in [1.165, 1.54) is 24.8 Å². The highest BCUT2D eigenvalue weighted by molar-refractivity contribution is 14.0. The fourth-order valence-electron chi connectivity index (χ4n) is 4.18. The summed E-state index contributed by atoms with van der Waals surface area (Å²) in [7, 11) is 7.10. The zero-order chi connectivity index (χ0) is 20.7. The number of guanidine groups is 1. The van der Waals surface area contributed by atoms with Gasteiger partial charge in [-0.25, -0.2) is 0 Å². The average molecular weight is 527 g/mol. The van der Waals surface area contributed by atoms with Crippen LogP contribution in [0.5, 0.6) is 11.5 Å². The summed E-state index contributed by atoms with van der Waals surface area (Å²) >= 11 is 0. The Morgan fingerprint density at radius 1 is 1.13 bits per heavy atom. The molecule has 0 saturated heterocycles. The molecular formula is C22H34IN5O2. The third kappa shape index (κ3) is 5.80. The fraction of sp³-hybridized carbons (Fsp3) is 0.545. The van der Waals surface area contributed by atoms with Crippen molar-refractivity contribution in [3.8, 4) is 11.5 Å². The molecule has 0 bridgehead atoms. The van der Waals surface area contributed by atoms with Crippen molar-refractivity contribution < 1.29 is 9.47 Å². The van der Waals surface area contributed by atoms with E-state index in [1.54, 1.807) is 18.9 Å². The van der Waals surface area contributed by atoms with Gasteiger partial charge in [0.15, 0.2) is 17.5 Å². The van der Waals surface area contributed by atoms with Crippen LogP contribution >= 0.6 is 24.0 Å². The molecule has 0 atom stereocenters. The lowest BCUT2D eigenvalue weighted by molar-refractivity contribution is 0.288. The normalized spacial score (nSPS) is 15.8. The Morgan fingerprint density at radius 2 is 1.87 bits per heavy atom. The van der Waals surface area contributed by atoms with Gasteiger partial charge in [0, 0.05) is 44.4 Å². The molecule has 1 aliphatic carbocycles. The summed E-state index contributed by atoms with van der Waals surface area (Å²) in [5, 5.41) is 11.2. The zero-order valence-electron chi connectivity index (χ0n) is 18.4. The van der Waals surface area contributed by atoms with Gasteiger partial charge in [-0.05, 0) is 30.5 Å². The molecule has 0 spiro atoms. The number of methoxy groups -OCH3 is 2. The maximum absolute atomic E-state index is 5.56. The number of hydrogen-bond donors (Lipinski definition) is 2. The first-order chi connectivity index (χ1) is 14.1. The van der Waals surface area contributed by atoms with Crippen LogP contribution in [-0.4, -0.2) is 43.6 Å². The Balaban J connectivity index is 0.00000320. The molecular weight excluding hydrogens is 493 g/mol. The Morgan fingerprint density at radius 3 is 2.47 bits per heavy atom. The Bertz CT molecular complexity index is 831. The zero-order valence-corrected chi connectivity index (χ0v) is 20.7. The van der Waals surface area contributed by atoms with Gasteiger partial charge in [0.25, 0.3) is 0 Å². The van der Waals surface area contributed by atoms with Crippen molar-refractivity contribution in [1.82, 2.24) is 20.4 Å². The molecule has 30 heavy (non-hydrogen) atoms. The molecule has 166 valence electrons. The van der Waals surface area contributed by atoms with E-state index in [9.17, 15) is 0 Å². The summed E-state index contributed by atoms with van der Waals surface area (Å²) in [6.07, 6.45) is 9.93. The van der Waals surface area contributed by atoms with Gasteiger partial charge in [-0.2, -0.15) is 5.10 Å². The number of aliphatic imine (C=N–C) groups is 1. The number of nitrogens with one attached hydrogen (secondary N) is 2. The van der Waals surface area contributed by atoms with Crippen LogP contribution < -0.4 is 20.1 Å². The molecule has 1 aromatic carbocycles. The Hall–Kier alpha value is -1.97. The van der Waals surface area contributed by atoms with Crippen molar-refractivity contribution in [1.29, 1.82) is 0 Å². The van der Waals surface area contributed by atoms with Gasteiger partial charge in [0.1, 0.15) is 0 Å². The van der Waals surface area contributed by atoms with Crippen LogP contribution in [0.15, 0.2) is 35.6 Å². The molecule has 1 aromatic heterocycles. The number of aromatic nitrogens is 2. The van der Waals surface area contributed by atoms with Gasteiger partial charge in [0.2, 0.25) is 0 Å². The third-order valence-corrected chi connectivity index (χ3v) is 5.84. The van der Waals surface area contributed by atoms with Crippen LogP contribution in [0.25, 0.3) is 0 Å². The second-order valence-corrected chi connectivity index (χ2v) is 7.71. The molecule has 0 amide bonds. The van der Waals surface area contributed by atoms with Gasteiger partial charge >= 0.3 is 0 Å². The van der Waals surface area contributed by atoms with Crippen LogP contribution in [0.4, 0.5) is 0 Å². The summed E-state index contributed by atoms with van der Waals surface area (Å²) in [6, 6.07) is 6.33. The number of benzene rings is 1. The van der Waals surface area contributed by atoms with Crippen molar-refractivity contribution in [2.75, 3.05) is 27.8 Å². The molecule has 3 rings (SSSR count). The van der Waals surface area contributed by atoms with Crippen molar-refractivity contribution in [3.05, 3.63) is 41.7 Å². The number of halogens is 1. The summed E-state index contributed by atoms with van der Waals surface area (Å²) in [5.41, 5.74) is 2.48. The van der Waals surface area contributed by atoms with Crippen LogP contribution in [0.1, 0.15) is 43.2 Å². The number of hydrogen-bond acceptors (Lipinski definition) is 4. The van der Waals surface area contributed by atoms with Gasteiger partial charge in [-0.1, -0.05) is 25.3 Å². The highest BCUT2D eigenvalue weighted by Gasteiger charge is 2.34. The molecule has 1 fully saturated rings. The number of nitrogens with zero attached hydrogens (tertiary/aromatic N) is 3. The lowest BCUT2D eigenvalue weighted by atomic mass is 9.69. The van der Waals surface area contributed by atoms with E-state index < -0.39 is 0 Å². The minimum Gasteiger partial charge on any atom is -0.493 e. The summed E-state index contributed by atoms with van der Waals surface area (Å²) < 4.78 is 12.8. The molecule has 1 saturated carbocycles. The SMILES string of the molecule is CN=C(NCc1cnn(C)c1)NCC1(c2ccc(OC)c(OC)c2)CCCCC1.I. The highest BCUT2D eigenvalue weighted by atomic mass is 127. The van der Waals surface area contributed by atoms with Crippen molar-refractivity contribution in [2.24, 2.45) is 12.0 Å². The maximum atomic E-state index is 5.56. The first-order valence-electron chi connectivity index (χ1n) is 10.2. The van der Waals surface area contributed by atoms with E-state index in [0.717, 1.165) is 42.4 Å². The van der Waals surface area contributed by atoms with Gasteiger partial charge in [-0.15, -0.1) is 24.0 Å². The second-order valence-electron chi connectivity index (χ2n) is 7.71. The predicted molar refractivity (Wildman–Crippen MR) is 131 cm³/mol. The summed E-state index contributed by atoms with van der Waals surface area (Å²) in [6.45, 7) is 1.52. The standard InChI is InChI=1S/C22H33N5O2.HI/c1-23-21(24-13-17-14-26-27(2)15-17)25-16-22(10-6-5-7-11-22)18-8-9-19(28-3)20(12-18)29-4;/h8-9,12,14-15H,5-7,10-11,13,16H2,1-4H3,(H2,23,24,25);1H. The molecule has 1 aliphatic rings. The molecule has 0 unspecified atom stereocenters. The Kier molecular flexibility index (Phi) is 9.26. The third-order valence-electron chi connectivity index (χ3n) is 5.84. The van der Waals surface area contributed by atoms with E-state index in [2.05, 4.69) is 32.9 Å². The lowest BCUT2D eigenvalue weighted by Gasteiger charge is -2.38. The lowest BCUT2D eigenvalue weighted by Crippen LogP contribution is -2.46. The maximum Gasteiger partial charge on any atom is 0.191 e. The summed E-state index contributed by atoms with van der Waals surface area (Å²) in [4.78, 5) is 4.40. The van der Waals surface area contributed by atoms with Crippen molar-refractivity contribution in [3.63, 3.8) is 0 Å². The van der Waals surface area contributed by atoms with Crippen molar-refractivity contribution >= 4 is 29.9 Å². The minimum absolute atomic E-state index is 0. The number of aryl methyl sites for hydroxylation is 1. The van der Waals surface area contributed by atoms with Crippen LogP contribution in [0, 0.1) is 0 Å². The highest BCUT2D eigenvalue weighted by Crippen LogP contribution is 2.42. The van der Waals surface area contributed by atoms with Gasteiger partial charge in [-0.3, -0.25) is 9.67 Å². The van der Waals surface area contributed by atoms with Crippen LogP contribution in [0.2, 0.25) is 0 Å². The minimum atomic E-state index is 0. The van der Waals surface area contributed by atoms with E-state index >= 15 is 0 Å². The number of ether oxygens (including phenoxy) is 2. The summed E-state index contributed by atoms with van der Waals surface area (Å²) in [5.74, 6) is 2.36. The monoisotopic (exact) mass is 527 g/mol. The van der Waals surface area contributed by atoms with E-state index in [0.29, 0.717) is 6.54 Å². The van der Waals surface area contributed by atoms with Gasteiger partial charge < -0.3 is 20.1 Å². The average Bonchev–Trinajstić information content (AvgIpc) is 3.19. The molecule has 8 heteroatoms. The number of rotatable bonds is 7. The molecule has 0 radical (unpaired) electrons. The molecule has 0 aliphatic heterocycles. The second kappa shape index (κ2) is 11.4. The predicted octanol–water partition coefficient (Wildman–Crippen LogP) is 3.62. The molecule has 1 heterocycles. The van der Waals surface area contributed by atoms with Gasteiger partial charge in [0.05, 0.1) is 20.4 Å². The first kappa shape index (κ1) is 24.3. The molecule has 2 N–H and O–H groups in total. The van der Waals surface area contributed by atoms with Crippen molar-refractivity contribution in [2.45, 2.75) is 44.1 Å². The van der Waals surface area contributed by atoms with E-state index in [-0.39, 0.29) is 29.4 Å². The largest absolute Gasteiger partial charge is 0.493 e. The van der Waals surface area contributed by atoms with Crippen LogP contribution in [0.3, 0.4) is 0 Å². The quantitative estimate of drug-likeness (QED) is 0.327. The first-order valence-corrected chi connectivity index (χ1v) is 10.2. The van der Waals surface area contributed by atoms with Crippen LogP contribution in [-0.2, 0) is 19.0 Å². The molecule has 7 nitrogen and oxygen atoms in total. The smallest absolute Gasteiger partial charge is 0.191 e.